The quantitative estimate of drug-likeness (QED) is 0.744. The van der Waals surface area contributed by atoms with Gasteiger partial charge in [-0.3, -0.25) is 19.4 Å². The minimum Gasteiger partial charge on any atom is -0.355 e. The molecule has 0 bridgehead atoms. The number of anilines is 1. The number of carbonyl (C=O) groups excluding carboxylic acids is 2. The minimum atomic E-state index is 0.0649. The standard InChI is InChI=1S/C23H30N4O2/c1-2-24-22(28)18-25-13-15-26(16-14-25)19-23(29)27(21-11-7-4-8-12-21)17-20-9-5-3-6-10-20/h3-12H,2,13-19H2,1H3,(H,24,28). The molecule has 0 aromatic heterocycles. The molecule has 2 aromatic carbocycles. The molecule has 1 N–H and O–H groups in total. The molecule has 1 heterocycles. The van der Waals surface area contributed by atoms with Gasteiger partial charge in [-0.05, 0) is 24.6 Å². The Labute approximate surface area is 173 Å². The smallest absolute Gasteiger partial charge is 0.241 e. The van der Waals surface area contributed by atoms with Crippen molar-refractivity contribution in [3.63, 3.8) is 0 Å². The van der Waals surface area contributed by atoms with E-state index in [-0.39, 0.29) is 11.8 Å². The molecule has 6 nitrogen and oxygen atoms in total. The number of hydrogen-bond acceptors (Lipinski definition) is 4. The molecule has 6 heteroatoms. The fraction of sp³-hybridized carbons (Fsp3) is 0.391. The first-order valence-corrected chi connectivity index (χ1v) is 10.3. The highest BCUT2D eigenvalue weighted by Crippen LogP contribution is 2.18. The van der Waals surface area contributed by atoms with Crippen molar-refractivity contribution >= 4 is 17.5 Å². The first-order valence-electron chi connectivity index (χ1n) is 10.3. The summed E-state index contributed by atoms with van der Waals surface area (Å²) in [6.07, 6.45) is 0. The molecule has 3 rings (SSSR count). The fourth-order valence-corrected chi connectivity index (χ4v) is 3.54. The van der Waals surface area contributed by atoms with Crippen LogP contribution < -0.4 is 10.2 Å². The van der Waals surface area contributed by atoms with Crippen LogP contribution in [0.25, 0.3) is 0 Å². The van der Waals surface area contributed by atoms with Crippen LogP contribution in [0, 0.1) is 0 Å². The molecule has 1 aliphatic heterocycles. The number of para-hydroxylation sites is 1. The lowest BCUT2D eigenvalue weighted by Gasteiger charge is -2.35. The van der Waals surface area contributed by atoms with Crippen LogP contribution in [-0.2, 0) is 16.1 Å². The summed E-state index contributed by atoms with van der Waals surface area (Å²) in [5, 5.41) is 2.84. The van der Waals surface area contributed by atoms with Crippen molar-refractivity contribution < 1.29 is 9.59 Å². The molecule has 0 atom stereocenters. The van der Waals surface area contributed by atoms with Crippen molar-refractivity contribution in [1.82, 2.24) is 15.1 Å². The normalized spacial score (nSPS) is 15.1. The van der Waals surface area contributed by atoms with Gasteiger partial charge in [-0.1, -0.05) is 48.5 Å². The van der Waals surface area contributed by atoms with Crippen LogP contribution in [0.2, 0.25) is 0 Å². The zero-order valence-corrected chi connectivity index (χ0v) is 17.1. The van der Waals surface area contributed by atoms with Gasteiger partial charge < -0.3 is 10.2 Å². The van der Waals surface area contributed by atoms with Crippen LogP contribution in [0.15, 0.2) is 60.7 Å². The number of amides is 2. The summed E-state index contributed by atoms with van der Waals surface area (Å²) in [4.78, 5) is 31.1. The number of benzene rings is 2. The number of rotatable bonds is 8. The molecule has 0 saturated carbocycles. The van der Waals surface area contributed by atoms with Crippen LogP contribution in [-0.4, -0.2) is 67.4 Å². The fourth-order valence-electron chi connectivity index (χ4n) is 3.54. The molecule has 154 valence electrons. The van der Waals surface area contributed by atoms with Crippen molar-refractivity contribution in [3.8, 4) is 0 Å². The number of piperazine rings is 1. The molecule has 2 aromatic rings. The lowest BCUT2D eigenvalue weighted by atomic mass is 10.2. The Balaban J connectivity index is 1.58. The van der Waals surface area contributed by atoms with E-state index in [2.05, 4.69) is 15.1 Å². The highest BCUT2D eigenvalue weighted by Gasteiger charge is 2.23. The summed E-state index contributed by atoms with van der Waals surface area (Å²) in [5.74, 6) is 0.160. The molecule has 29 heavy (non-hydrogen) atoms. The predicted molar refractivity (Wildman–Crippen MR) is 116 cm³/mol. The third-order valence-electron chi connectivity index (χ3n) is 5.12. The molecule has 0 aliphatic carbocycles. The molecular formula is C23H30N4O2. The lowest BCUT2D eigenvalue weighted by molar-refractivity contribution is -0.124. The van der Waals surface area contributed by atoms with Gasteiger partial charge in [-0.2, -0.15) is 0 Å². The predicted octanol–water partition coefficient (Wildman–Crippen LogP) is 1.97. The third-order valence-corrected chi connectivity index (χ3v) is 5.12. The van der Waals surface area contributed by atoms with E-state index in [0.717, 1.165) is 37.4 Å². The number of nitrogens with one attached hydrogen (secondary N) is 1. The highest BCUT2D eigenvalue weighted by atomic mass is 16.2. The van der Waals surface area contributed by atoms with E-state index >= 15 is 0 Å². The summed E-state index contributed by atoms with van der Waals surface area (Å²) < 4.78 is 0. The van der Waals surface area contributed by atoms with Gasteiger partial charge in [0, 0.05) is 38.4 Å². The molecule has 0 spiro atoms. The molecular weight excluding hydrogens is 364 g/mol. The maximum absolute atomic E-state index is 13.2. The molecule has 0 radical (unpaired) electrons. The van der Waals surface area contributed by atoms with Crippen molar-refractivity contribution in [2.24, 2.45) is 0 Å². The zero-order chi connectivity index (χ0) is 20.5. The van der Waals surface area contributed by atoms with Gasteiger partial charge in [0.15, 0.2) is 0 Å². The Bertz CT molecular complexity index is 774. The maximum atomic E-state index is 13.2. The Morgan fingerprint density at radius 3 is 2.00 bits per heavy atom. The molecule has 1 aliphatic rings. The number of nitrogens with zero attached hydrogens (tertiary/aromatic N) is 3. The van der Waals surface area contributed by atoms with E-state index in [1.165, 1.54) is 0 Å². The van der Waals surface area contributed by atoms with Crippen LogP contribution in [0.4, 0.5) is 5.69 Å². The number of likely N-dealkylation sites (N-methyl/N-ethyl adjacent to an activating group) is 1. The van der Waals surface area contributed by atoms with Gasteiger partial charge in [0.25, 0.3) is 0 Å². The topological polar surface area (TPSA) is 55.9 Å². The third kappa shape index (κ3) is 6.41. The SMILES string of the molecule is CCNC(=O)CN1CCN(CC(=O)N(Cc2ccccc2)c2ccccc2)CC1. The van der Waals surface area contributed by atoms with Crippen LogP contribution >= 0.6 is 0 Å². The first kappa shape index (κ1) is 21.0. The largest absolute Gasteiger partial charge is 0.355 e. The number of hydrogen-bond donors (Lipinski definition) is 1. The summed E-state index contributed by atoms with van der Waals surface area (Å²) in [6, 6.07) is 19.9. The van der Waals surface area contributed by atoms with E-state index in [4.69, 9.17) is 0 Å². The average Bonchev–Trinajstić information content (AvgIpc) is 2.75. The summed E-state index contributed by atoms with van der Waals surface area (Å²) in [7, 11) is 0. The van der Waals surface area contributed by atoms with Crippen LogP contribution in [0.3, 0.4) is 0 Å². The highest BCUT2D eigenvalue weighted by molar-refractivity contribution is 5.94. The van der Waals surface area contributed by atoms with Crippen LogP contribution in [0.1, 0.15) is 12.5 Å². The number of carbonyl (C=O) groups is 2. The van der Waals surface area contributed by atoms with Gasteiger partial charge in [0.1, 0.15) is 0 Å². The average molecular weight is 395 g/mol. The van der Waals surface area contributed by atoms with Crippen molar-refractivity contribution in [2.45, 2.75) is 13.5 Å². The second-order valence-corrected chi connectivity index (χ2v) is 7.31. The maximum Gasteiger partial charge on any atom is 0.241 e. The van der Waals surface area contributed by atoms with Gasteiger partial charge in [-0.25, -0.2) is 0 Å². The first-order chi connectivity index (χ1) is 14.2. The summed E-state index contributed by atoms with van der Waals surface area (Å²) in [6.45, 7) is 7.14. The Morgan fingerprint density at radius 2 is 1.41 bits per heavy atom. The van der Waals surface area contributed by atoms with E-state index in [9.17, 15) is 9.59 Å². The molecule has 1 fully saturated rings. The Hall–Kier alpha value is -2.70. The monoisotopic (exact) mass is 394 g/mol. The van der Waals surface area contributed by atoms with Gasteiger partial charge in [0.05, 0.1) is 19.6 Å². The van der Waals surface area contributed by atoms with Gasteiger partial charge >= 0.3 is 0 Å². The van der Waals surface area contributed by atoms with Crippen molar-refractivity contribution in [2.75, 3.05) is 50.7 Å². The van der Waals surface area contributed by atoms with E-state index in [0.29, 0.717) is 26.2 Å². The van der Waals surface area contributed by atoms with Crippen LogP contribution in [0.5, 0.6) is 0 Å². The van der Waals surface area contributed by atoms with E-state index in [1.807, 2.05) is 72.5 Å². The second-order valence-electron chi connectivity index (χ2n) is 7.31. The van der Waals surface area contributed by atoms with Crippen molar-refractivity contribution in [1.29, 1.82) is 0 Å². The van der Waals surface area contributed by atoms with Gasteiger partial charge in [-0.15, -0.1) is 0 Å². The van der Waals surface area contributed by atoms with E-state index in [1.54, 1.807) is 0 Å². The Kier molecular flexibility index (Phi) is 7.78. The molecule has 2 amide bonds. The zero-order valence-electron chi connectivity index (χ0n) is 17.1. The lowest BCUT2D eigenvalue weighted by Crippen LogP contribution is -2.52. The minimum absolute atomic E-state index is 0.0649. The summed E-state index contributed by atoms with van der Waals surface area (Å²) in [5.41, 5.74) is 2.02. The Morgan fingerprint density at radius 1 is 0.862 bits per heavy atom. The van der Waals surface area contributed by atoms with E-state index < -0.39 is 0 Å². The second kappa shape index (κ2) is 10.7. The summed E-state index contributed by atoms with van der Waals surface area (Å²) >= 11 is 0. The molecule has 1 saturated heterocycles. The van der Waals surface area contributed by atoms with Crippen molar-refractivity contribution in [3.05, 3.63) is 66.2 Å². The van der Waals surface area contributed by atoms with Gasteiger partial charge in [0.2, 0.25) is 11.8 Å². The molecule has 0 unspecified atom stereocenters.